The molecule has 0 amide bonds. The highest BCUT2D eigenvalue weighted by Crippen LogP contribution is 2.71. The van der Waals surface area contributed by atoms with E-state index < -0.39 is 29.1 Å². The average Bonchev–Trinajstić information content (AvgIpc) is 2.64. The van der Waals surface area contributed by atoms with Gasteiger partial charge in [0.1, 0.15) is 5.78 Å². The molecule has 0 radical (unpaired) electrons. The number of ketones is 1. The van der Waals surface area contributed by atoms with Crippen LogP contribution in [0.1, 0.15) is 52.9 Å². The monoisotopic (exact) mass is 334 g/mol. The molecule has 0 aromatic heterocycles. The van der Waals surface area contributed by atoms with Crippen LogP contribution in [0.3, 0.4) is 0 Å². The van der Waals surface area contributed by atoms with Crippen LogP contribution in [0.25, 0.3) is 0 Å². The fourth-order valence-electron chi connectivity index (χ4n) is 7.39. The van der Waals surface area contributed by atoms with Crippen LogP contribution in [-0.4, -0.2) is 39.4 Å². The van der Waals surface area contributed by atoms with Crippen LogP contribution in [0.2, 0.25) is 0 Å². The summed E-state index contributed by atoms with van der Waals surface area (Å²) in [4.78, 5) is 12.5. The Balaban J connectivity index is 1.87. The first-order chi connectivity index (χ1) is 11.1. The molecule has 0 aromatic rings. The van der Waals surface area contributed by atoms with E-state index in [1.807, 2.05) is 13.8 Å². The highest BCUT2D eigenvalue weighted by atomic mass is 16.3. The molecule has 0 aliphatic heterocycles. The van der Waals surface area contributed by atoms with Gasteiger partial charge in [-0.3, -0.25) is 4.79 Å². The second-order valence-corrected chi connectivity index (χ2v) is 9.61. The van der Waals surface area contributed by atoms with Gasteiger partial charge in [0, 0.05) is 17.8 Å². The number of aliphatic hydroxyl groups excluding tert-OH is 3. The fourth-order valence-corrected chi connectivity index (χ4v) is 7.39. The lowest BCUT2D eigenvalue weighted by Gasteiger charge is -2.65. The van der Waals surface area contributed by atoms with Gasteiger partial charge in [0.05, 0.1) is 23.7 Å². The summed E-state index contributed by atoms with van der Waals surface area (Å²) in [5.41, 5.74) is -0.814. The summed E-state index contributed by atoms with van der Waals surface area (Å²) < 4.78 is 0. The molecule has 1 spiro atoms. The molecule has 0 heterocycles. The summed E-state index contributed by atoms with van der Waals surface area (Å²) in [5, 5.41) is 33.2. The Morgan fingerprint density at radius 1 is 1.08 bits per heavy atom. The maximum atomic E-state index is 12.5. The number of carbonyl (C=O) groups is 1. The number of Topliss-reactive ketones (excluding diaryl/α,β-unsaturated/α-hetero) is 1. The topological polar surface area (TPSA) is 77.8 Å². The van der Waals surface area contributed by atoms with Crippen molar-refractivity contribution in [1.82, 2.24) is 0 Å². The third-order valence-corrected chi connectivity index (χ3v) is 8.67. The van der Waals surface area contributed by atoms with Crippen LogP contribution >= 0.6 is 0 Å². The molecule has 24 heavy (non-hydrogen) atoms. The summed E-state index contributed by atoms with van der Waals surface area (Å²) in [6, 6.07) is 0. The van der Waals surface area contributed by atoms with Crippen molar-refractivity contribution in [2.45, 2.75) is 71.2 Å². The van der Waals surface area contributed by atoms with E-state index in [-0.39, 0.29) is 29.0 Å². The molecule has 4 nitrogen and oxygen atoms in total. The molecule has 4 saturated carbocycles. The lowest BCUT2D eigenvalue weighted by Crippen LogP contribution is -2.68. The molecule has 4 rings (SSSR count). The van der Waals surface area contributed by atoms with Crippen molar-refractivity contribution in [2.75, 3.05) is 0 Å². The first kappa shape index (κ1) is 16.7. The Bertz CT molecular complexity index is 611. The molecule has 4 fully saturated rings. The predicted molar refractivity (Wildman–Crippen MR) is 90.0 cm³/mol. The largest absolute Gasteiger partial charge is 0.392 e. The number of fused-ring (bicyclic) bond motifs is 3. The van der Waals surface area contributed by atoms with Gasteiger partial charge in [-0.25, -0.2) is 0 Å². The zero-order valence-corrected chi connectivity index (χ0v) is 15.0. The smallest absolute Gasteiger partial charge is 0.138 e. The van der Waals surface area contributed by atoms with Crippen LogP contribution < -0.4 is 0 Å². The summed E-state index contributed by atoms with van der Waals surface area (Å²) >= 11 is 0. The van der Waals surface area contributed by atoms with E-state index >= 15 is 0 Å². The summed E-state index contributed by atoms with van der Waals surface area (Å²) in [6.07, 6.45) is 1.14. The first-order valence-electron chi connectivity index (χ1n) is 9.35. The molecule has 8 atom stereocenters. The van der Waals surface area contributed by atoms with Crippen molar-refractivity contribution >= 4 is 5.78 Å². The molecule has 4 aliphatic rings. The Morgan fingerprint density at radius 3 is 2.42 bits per heavy atom. The lowest BCUT2D eigenvalue weighted by molar-refractivity contribution is -0.248. The number of aliphatic hydroxyl groups is 3. The standard InChI is InChI=1S/C20H30O4/c1-10-11-5-6-12-19(4)8-7-14(21)18(2,3)13(19)9-15(22)20(12,16(10)23)17(11)24/h11-13,15-17,22-24H,1,5-9H2,2-4H3/t11-,12-,13+,15+,16+,17+,19-,20-/m0/s1. The van der Waals surface area contributed by atoms with Gasteiger partial charge in [0.15, 0.2) is 0 Å². The van der Waals surface area contributed by atoms with Gasteiger partial charge in [0.25, 0.3) is 0 Å². The van der Waals surface area contributed by atoms with Crippen LogP contribution in [0.4, 0.5) is 0 Å². The van der Waals surface area contributed by atoms with E-state index in [1.54, 1.807) is 0 Å². The van der Waals surface area contributed by atoms with Gasteiger partial charge in [-0.05, 0) is 48.5 Å². The highest BCUT2D eigenvalue weighted by molar-refractivity contribution is 5.85. The molecule has 0 aromatic carbocycles. The molecule has 0 saturated heterocycles. The van der Waals surface area contributed by atoms with E-state index in [4.69, 9.17) is 0 Å². The SMILES string of the molecule is C=C1[C@@H](O)[C@@]23[C@H](O)C[C@@H]4C(C)(C)C(=O)CC[C@@]4(C)[C@@H]2CC[C@@H]1[C@H]3O. The minimum Gasteiger partial charge on any atom is -0.392 e. The van der Waals surface area contributed by atoms with E-state index in [9.17, 15) is 20.1 Å². The van der Waals surface area contributed by atoms with Crippen molar-refractivity contribution in [1.29, 1.82) is 0 Å². The Hall–Kier alpha value is -0.710. The summed E-state index contributed by atoms with van der Waals surface area (Å²) in [6.45, 7) is 10.3. The minimum atomic E-state index is -0.901. The van der Waals surface area contributed by atoms with Crippen LogP contribution in [-0.2, 0) is 4.79 Å². The lowest BCUT2D eigenvalue weighted by atomic mass is 9.39. The van der Waals surface area contributed by atoms with E-state index in [2.05, 4.69) is 13.5 Å². The van der Waals surface area contributed by atoms with Crippen molar-refractivity contribution in [3.05, 3.63) is 12.2 Å². The second kappa shape index (κ2) is 4.72. The van der Waals surface area contributed by atoms with Crippen LogP contribution in [0.15, 0.2) is 12.2 Å². The minimum absolute atomic E-state index is 0.0200. The van der Waals surface area contributed by atoms with Crippen molar-refractivity contribution in [2.24, 2.45) is 34.0 Å². The van der Waals surface area contributed by atoms with Gasteiger partial charge in [-0.15, -0.1) is 0 Å². The number of hydrogen-bond acceptors (Lipinski definition) is 4. The van der Waals surface area contributed by atoms with Gasteiger partial charge < -0.3 is 15.3 Å². The number of hydrogen-bond donors (Lipinski definition) is 3. The maximum Gasteiger partial charge on any atom is 0.138 e. The van der Waals surface area contributed by atoms with Gasteiger partial charge in [0.2, 0.25) is 0 Å². The van der Waals surface area contributed by atoms with Crippen LogP contribution in [0, 0.1) is 34.0 Å². The van der Waals surface area contributed by atoms with Gasteiger partial charge in [-0.2, -0.15) is 0 Å². The third-order valence-electron chi connectivity index (χ3n) is 8.67. The van der Waals surface area contributed by atoms with Gasteiger partial charge in [-0.1, -0.05) is 27.4 Å². The Kier molecular flexibility index (Phi) is 3.29. The summed E-state index contributed by atoms with van der Waals surface area (Å²) in [7, 11) is 0. The molecule has 2 bridgehead atoms. The summed E-state index contributed by atoms with van der Waals surface area (Å²) in [5.74, 6) is 0.274. The number of carbonyl (C=O) groups excluding carboxylic acids is 1. The van der Waals surface area contributed by atoms with Crippen molar-refractivity contribution in [3.8, 4) is 0 Å². The normalized spacial score (nSPS) is 55.9. The van der Waals surface area contributed by atoms with Crippen molar-refractivity contribution < 1.29 is 20.1 Å². The van der Waals surface area contributed by atoms with Gasteiger partial charge >= 0.3 is 0 Å². The quantitative estimate of drug-likeness (QED) is 0.593. The molecule has 4 aliphatic carbocycles. The average molecular weight is 334 g/mol. The Morgan fingerprint density at radius 2 is 1.75 bits per heavy atom. The molecule has 3 N–H and O–H groups in total. The van der Waals surface area contributed by atoms with Crippen LogP contribution in [0.5, 0.6) is 0 Å². The zero-order valence-electron chi connectivity index (χ0n) is 15.0. The molecule has 134 valence electrons. The molecular formula is C20H30O4. The third kappa shape index (κ3) is 1.59. The van der Waals surface area contributed by atoms with Crippen molar-refractivity contribution in [3.63, 3.8) is 0 Å². The Labute approximate surface area is 144 Å². The molecular weight excluding hydrogens is 304 g/mol. The predicted octanol–water partition coefficient (Wildman–Crippen LogP) is 2.07. The second-order valence-electron chi connectivity index (χ2n) is 9.61. The van der Waals surface area contributed by atoms with E-state index in [0.29, 0.717) is 18.4 Å². The number of rotatable bonds is 0. The van der Waals surface area contributed by atoms with E-state index in [0.717, 1.165) is 19.3 Å². The first-order valence-corrected chi connectivity index (χ1v) is 9.35. The molecule has 0 unspecified atom stereocenters. The zero-order chi connectivity index (χ0) is 17.7. The van der Waals surface area contributed by atoms with E-state index in [1.165, 1.54) is 0 Å². The fraction of sp³-hybridized carbons (Fsp3) is 0.850. The maximum absolute atomic E-state index is 12.5. The highest BCUT2D eigenvalue weighted by Gasteiger charge is 2.73. The molecule has 4 heteroatoms.